The van der Waals surface area contributed by atoms with Crippen LogP contribution in [0.4, 0.5) is 0 Å². The molecule has 2 amide bonds. The van der Waals surface area contributed by atoms with Crippen molar-refractivity contribution < 1.29 is 14.3 Å². The molecule has 1 aliphatic carbocycles. The van der Waals surface area contributed by atoms with Gasteiger partial charge in [-0.15, -0.1) is 0 Å². The summed E-state index contributed by atoms with van der Waals surface area (Å²) in [7, 11) is 0. The van der Waals surface area contributed by atoms with Crippen molar-refractivity contribution in [2.45, 2.75) is 64.6 Å². The van der Waals surface area contributed by atoms with E-state index in [2.05, 4.69) is 21.2 Å². The van der Waals surface area contributed by atoms with Crippen LogP contribution in [0.15, 0.2) is 46.9 Å². The predicted octanol–water partition coefficient (Wildman–Crippen LogP) is 5.66. The second-order valence-electron chi connectivity index (χ2n) is 8.26. The van der Waals surface area contributed by atoms with Crippen LogP contribution in [0.2, 0.25) is 5.02 Å². The summed E-state index contributed by atoms with van der Waals surface area (Å²) < 4.78 is 6.77. The number of carbonyl (C=O) groups is 2. The summed E-state index contributed by atoms with van der Waals surface area (Å²) in [5.74, 6) is 0.295. The Kier molecular flexibility index (Phi) is 9.00. The first kappa shape index (κ1) is 24.6. The number of ether oxygens (including phenoxy) is 1. The Bertz CT molecular complexity index is 929. The SMILES string of the molecule is CCC(C(=O)NC1CCCC1)N(Cc1ccc(Cl)cc1)C(=O)COc1ccc(Br)c(C)c1. The standard InChI is InChI=1S/C25H30BrClN2O3/c1-3-23(25(31)28-20-6-4-5-7-20)29(15-18-8-10-19(27)11-9-18)24(30)16-32-21-12-13-22(26)17(2)14-21/h8-14,20,23H,3-7,15-16H2,1-2H3,(H,28,31). The van der Waals surface area contributed by atoms with Crippen molar-refractivity contribution in [3.8, 4) is 5.75 Å². The number of hydrogen-bond acceptors (Lipinski definition) is 3. The highest BCUT2D eigenvalue weighted by Crippen LogP contribution is 2.23. The Labute approximate surface area is 203 Å². The minimum atomic E-state index is -0.561. The molecule has 1 fully saturated rings. The number of carbonyl (C=O) groups excluding carboxylic acids is 2. The van der Waals surface area contributed by atoms with Gasteiger partial charge in [-0.05, 0) is 67.6 Å². The van der Waals surface area contributed by atoms with E-state index >= 15 is 0 Å². The number of halogens is 2. The fourth-order valence-electron chi connectivity index (χ4n) is 4.01. The van der Waals surface area contributed by atoms with E-state index in [1.807, 2.05) is 44.2 Å². The zero-order valence-corrected chi connectivity index (χ0v) is 20.9. The summed E-state index contributed by atoms with van der Waals surface area (Å²) in [5, 5.41) is 3.78. The molecule has 0 saturated heterocycles. The van der Waals surface area contributed by atoms with Crippen molar-refractivity contribution in [1.82, 2.24) is 10.2 Å². The number of nitrogens with one attached hydrogen (secondary N) is 1. The zero-order chi connectivity index (χ0) is 23.1. The number of amides is 2. The van der Waals surface area contributed by atoms with Crippen LogP contribution in [0.5, 0.6) is 5.75 Å². The lowest BCUT2D eigenvalue weighted by molar-refractivity contribution is -0.143. The van der Waals surface area contributed by atoms with E-state index in [1.54, 1.807) is 17.0 Å². The van der Waals surface area contributed by atoms with E-state index in [0.717, 1.165) is 41.3 Å². The van der Waals surface area contributed by atoms with E-state index in [0.29, 0.717) is 23.7 Å². The maximum Gasteiger partial charge on any atom is 0.261 e. The van der Waals surface area contributed by atoms with Crippen molar-refractivity contribution in [1.29, 1.82) is 0 Å². The van der Waals surface area contributed by atoms with Gasteiger partial charge in [0.25, 0.3) is 5.91 Å². The first-order valence-corrected chi connectivity index (χ1v) is 12.3. The third kappa shape index (κ3) is 6.72. The lowest BCUT2D eigenvalue weighted by atomic mass is 10.1. The number of benzene rings is 2. The third-order valence-corrected chi connectivity index (χ3v) is 6.99. The van der Waals surface area contributed by atoms with E-state index < -0.39 is 6.04 Å². The van der Waals surface area contributed by atoms with Crippen LogP contribution in [0.3, 0.4) is 0 Å². The highest BCUT2D eigenvalue weighted by atomic mass is 79.9. The summed E-state index contributed by atoms with van der Waals surface area (Å²) in [5.41, 5.74) is 1.93. The van der Waals surface area contributed by atoms with E-state index in [9.17, 15) is 9.59 Å². The fourth-order valence-corrected chi connectivity index (χ4v) is 4.38. The number of hydrogen-bond donors (Lipinski definition) is 1. The summed E-state index contributed by atoms with van der Waals surface area (Å²) in [6.45, 7) is 4.07. The van der Waals surface area contributed by atoms with Crippen LogP contribution in [-0.2, 0) is 16.1 Å². The third-order valence-electron chi connectivity index (χ3n) is 5.85. The van der Waals surface area contributed by atoms with Gasteiger partial charge in [-0.1, -0.05) is 59.4 Å². The molecule has 1 unspecified atom stereocenters. The Morgan fingerprint density at radius 1 is 1.19 bits per heavy atom. The molecule has 2 aromatic carbocycles. The average molecular weight is 522 g/mol. The molecule has 0 bridgehead atoms. The maximum absolute atomic E-state index is 13.3. The van der Waals surface area contributed by atoms with E-state index in [-0.39, 0.29) is 24.5 Å². The fraction of sp³-hybridized carbons (Fsp3) is 0.440. The first-order chi connectivity index (χ1) is 15.4. The highest BCUT2D eigenvalue weighted by Gasteiger charge is 2.30. The molecule has 5 nitrogen and oxygen atoms in total. The summed E-state index contributed by atoms with van der Waals surface area (Å²) in [4.78, 5) is 28.0. The topological polar surface area (TPSA) is 58.6 Å². The molecule has 0 aliphatic heterocycles. The van der Waals surface area contributed by atoms with Crippen molar-refractivity contribution in [3.63, 3.8) is 0 Å². The van der Waals surface area contributed by atoms with Crippen LogP contribution in [0, 0.1) is 6.92 Å². The van der Waals surface area contributed by atoms with Crippen LogP contribution in [0.25, 0.3) is 0 Å². The lowest BCUT2D eigenvalue weighted by Gasteiger charge is -2.31. The molecule has 2 aromatic rings. The highest BCUT2D eigenvalue weighted by molar-refractivity contribution is 9.10. The van der Waals surface area contributed by atoms with Crippen LogP contribution < -0.4 is 10.1 Å². The molecule has 0 aromatic heterocycles. The minimum absolute atomic E-state index is 0.0961. The van der Waals surface area contributed by atoms with Crippen LogP contribution >= 0.6 is 27.5 Å². The molecular formula is C25H30BrClN2O3. The number of nitrogens with zero attached hydrogens (tertiary/aromatic N) is 1. The van der Waals surface area contributed by atoms with Gasteiger partial charge >= 0.3 is 0 Å². The smallest absolute Gasteiger partial charge is 0.261 e. The normalized spacial score (nSPS) is 14.8. The molecule has 3 rings (SSSR count). The molecule has 7 heteroatoms. The van der Waals surface area contributed by atoms with Gasteiger partial charge in [0.1, 0.15) is 11.8 Å². The predicted molar refractivity (Wildman–Crippen MR) is 131 cm³/mol. The summed E-state index contributed by atoms with van der Waals surface area (Å²) in [6, 6.07) is 12.6. The lowest BCUT2D eigenvalue weighted by Crippen LogP contribution is -2.52. The van der Waals surface area contributed by atoms with E-state index in [4.69, 9.17) is 16.3 Å². The largest absolute Gasteiger partial charge is 0.484 e. The molecule has 32 heavy (non-hydrogen) atoms. The van der Waals surface area contributed by atoms with Crippen molar-refractivity contribution in [2.75, 3.05) is 6.61 Å². The van der Waals surface area contributed by atoms with Gasteiger partial charge in [-0.2, -0.15) is 0 Å². The maximum atomic E-state index is 13.3. The van der Waals surface area contributed by atoms with Gasteiger partial charge in [0.05, 0.1) is 0 Å². The van der Waals surface area contributed by atoms with Crippen LogP contribution in [-0.4, -0.2) is 35.4 Å². The molecule has 0 spiro atoms. The summed E-state index contributed by atoms with van der Waals surface area (Å²) in [6.07, 6.45) is 4.79. The monoisotopic (exact) mass is 520 g/mol. The van der Waals surface area contributed by atoms with E-state index in [1.165, 1.54) is 0 Å². The Morgan fingerprint density at radius 2 is 1.88 bits per heavy atom. The molecule has 1 N–H and O–H groups in total. The van der Waals surface area contributed by atoms with Gasteiger partial charge in [0.2, 0.25) is 5.91 Å². The number of rotatable bonds is 9. The van der Waals surface area contributed by atoms with Gasteiger partial charge in [-0.25, -0.2) is 0 Å². The summed E-state index contributed by atoms with van der Waals surface area (Å²) >= 11 is 9.49. The first-order valence-electron chi connectivity index (χ1n) is 11.1. The van der Waals surface area contributed by atoms with Crippen molar-refractivity contribution in [2.24, 2.45) is 0 Å². The Balaban J connectivity index is 1.75. The Morgan fingerprint density at radius 3 is 2.50 bits per heavy atom. The second kappa shape index (κ2) is 11.7. The van der Waals surface area contributed by atoms with Gasteiger partial charge in [0, 0.05) is 22.1 Å². The molecular weight excluding hydrogens is 492 g/mol. The van der Waals surface area contributed by atoms with Crippen LogP contribution in [0.1, 0.15) is 50.2 Å². The van der Waals surface area contributed by atoms with Gasteiger partial charge in [0.15, 0.2) is 6.61 Å². The quantitative estimate of drug-likeness (QED) is 0.463. The Hall–Kier alpha value is -2.05. The molecule has 1 aliphatic rings. The van der Waals surface area contributed by atoms with Gasteiger partial charge in [-0.3, -0.25) is 9.59 Å². The molecule has 1 atom stereocenters. The minimum Gasteiger partial charge on any atom is -0.484 e. The van der Waals surface area contributed by atoms with Crippen molar-refractivity contribution in [3.05, 3.63) is 63.1 Å². The van der Waals surface area contributed by atoms with Gasteiger partial charge < -0.3 is 15.0 Å². The van der Waals surface area contributed by atoms with Crippen molar-refractivity contribution >= 4 is 39.3 Å². The molecule has 172 valence electrons. The second-order valence-corrected chi connectivity index (χ2v) is 9.55. The molecule has 0 heterocycles. The average Bonchev–Trinajstić information content (AvgIpc) is 3.28. The molecule has 1 saturated carbocycles. The number of aryl methyl sites for hydroxylation is 1. The zero-order valence-electron chi connectivity index (χ0n) is 18.6. The molecule has 0 radical (unpaired) electrons.